The number of aromatic nitrogens is 1. The Labute approximate surface area is 157 Å². The molecule has 0 aliphatic heterocycles. The number of para-hydroxylation sites is 1. The van der Waals surface area contributed by atoms with E-state index in [0.717, 1.165) is 15.2 Å². The van der Waals surface area contributed by atoms with Crippen LogP contribution in [-0.2, 0) is 0 Å². The number of amides is 1. The molecule has 4 nitrogen and oxygen atoms in total. The lowest BCUT2D eigenvalue weighted by atomic mass is 10.2. The summed E-state index contributed by atoms with van der Waals surface area (Å²) >= 11 is 14.1. The van der Waals surface area contributed by atoms with Gasteiger partial charge in [0.2, 0.25) is 0 Å². The third-order valence-electron chi connectivity index (χ3n) is 3.57. The lowest BCUT2D eigenvalue weighted by molar-refractivity contribution is 0.0996. The lowest BCUT2D eigenvalue weighted by Crippen LogP contribution is -2.11. The highest BCUT2D eigenvalue weighted by Gasteiger charge is 2.16. The van der Waals surface area contributed by atoms with Crippen molar-refractivity contribution >= 4 is 56.3 Å². The summed E-state index contributed by atoms with van der Waals surface area (Å²) in [5, 5.41) is 4.31. The highest BCUT2D eigenvalue weighted by atomic mass is 35.5. The van der Waals surface area contributed by atoms with Crippen molar-refractivity contribution < 1.29 is 9.21 Å². The lowest BCUT2D eigenvalue weighted by Gasteiger charge is -2.09. The summed E-state index contributed by atoms with van der Waals surface area (Å²) in [6.45, 7) is 0. The predicted molar refractivity (Wildman–Crippen MR) is 102 cm³/mol. The Bertz CT molecular complexity index is 1040. The first-order valence-electron chi connectivity index (χ1n) is 7.31. The second kappa shape index (κ2) is 6.52. The fraction of sp³-hybridized carbons (Fsp3) is 0. The van der Waals surface area contributed by atoms with Crippen molar-refractivity contribution in [3.8, 4) is 10.6 Å². The highest BCUT2D eigenvalue weighted by molar-refractivity contribution is 7.21. The van der Waals surface area contributed by atoms with Crippen LogP contribution in [0.25, 0.3) is 20.8 Å². The molecular weight excluding hydrogens is 379 g/mol. The monoisotopic (exact) mass is 388 g/mol. The summed E-state index contributed by atoms with van der Waals surface area (Å²) < 4.78 is 6.15. The average molecular weight is 389 g/mol. The van der Waals surface area contributed by atoms with E-state index in [1.54, 1.807) is 24.3 Å². The van der Waals surface area contributed by atoms with E-state index in [4.69, 9.17) is 27.6 Å². The summed E-state index contributed by atoms with van der Waals surface area (Å²) in [5.41, 5.74) is 2.05. The molecule has 0 bridgehead atoms. The zero-order valence-corrected chi connectivity index (χ0v) is 15.0. The highest BCUT2D eigenvalue weighted by Crippen LogP contribution is 2.39. The van der Waals surface area contributed by atoms with Gasteiger partial charge in [-0.3, -0.25) is 4.79 Å². The van der Waals surface area contributed by atoms with Crippen LogP contribution in [0.4, 0.5) is 5.69 Å². The number of furan rings is 1. The Morgan fingerprint density at radius 1 is 1.08 bits per heavy atom. The molecule has 1 N–H and O–H groups in total. The van der Waals surface area contributed by atoms with Crippen LogP contribution in [0.5, 0.6) is 0 Å². The number of benzene rings is 2. The summed E-state index contributed by atoms with van der Waals surface area (Å²) in [5.74, 6) is -0.183. The van der Waals surface area contributed by atoms with E-state index < -0.39 is 0 Å². The number of hydrogen-bond acceptors (Lipinski definition) is 4. The molecule has 7 heteroatoms. The standard InChI is InChI=1S/C18H10Cl2N2O2S/c19-11-9-12(20)14(21-17(23)15-5-3-7-24-15)8-10(11)18-22-13-4-1-2-6-16(13)25-18/h1-9H,(H,21,23). The van der Waals surface area contributed by atoms with Gasteiger partial charge in [-0.2, -0.15) is 0 Å². The number of rotatable bonds is 3. The van der Waals surface area contributed by atoms with Crippen LogP contribution in [0.3, 0.4) is 0 Å². The number of hydrogen-bond donors (Lipinski definition) is 1. The van der Waals surface area contributed by atoms with Crippen LogP contribution in [0, 0.1) is 0 Å². The van der Waals surface area contributed by atoms with Crippen molar-refractivity contribution in [2.75, 3.05) is 5.32 Å². The van der Waals surface area contributed by atoms with Gasteiger partial charge in [-0.1, -0.05) is 35.3 Å². The molecule has 0 saturated carbocycles. The summed E-state index contributed by atoms with van der Waals surface area (Å²) in [6, 6.07) is 14.4. The Hall–Kier alpha value is -2.34. The first-order chi connectivity index (χ1) is 12.1. The van der Waals surface area contributed by atoms with E-state index in [0.29, 0.717) is 21.3 Å². The van der Waals surface area contributed by atoms with E-state index in [1.807, 2.05) is 24.3 Å². The van der Waals surface area contributed by atoms with Gasteiger partial charge in [-0.05, 0) is 36.4 Å². The zero-order chi connectivity index (χ0) is 17.4. The van der Waals surface area contributed by atoms with Crippen molar-refractivity contribution in [3.05, 3.63) is 70.6 Å². The molecule has 0 aliphatic rings. The van der Waals surface area contributed by atoms with Gasteiger partial charge in [-0.15, -0.1) is 11.3 Å². The van der Waals surface area contributed by atoms with E-state index in [1.165, 1.54) is 17.6 Å². The van der Waals surface area contributed by atoms with Gasteiger partial charge in [0, 0.05) is 5.56 Å². The fourth-order valence-electron chi connectivity index (χ4n) is 2.39. The summed E-state index contributed by atoms with van der Waals surface area (Å²) in [4.78, 5) is 16.8. The van der Waals surface area contributed by atoms with Gasteiger partial charge in [0.05, 0.1) is 32.2 Å². The SMILES string of the molecule is O=C(Nc1cc(-c2nc3ccccc3s2)c(Cl)cc1Cl)c1ccco1. The molecule has 2 aromatic heterocycles. The van der Waals surface area contributed by atoms with E-state index in [-0.39, 0.29) is 11.7 Å². The molecule has 1 amide bonds. The molecule has 2 aromatic carbocycles. The number of nitrogens with zero attached hydrogens (tertiary/aromatic N) is 1. The largest absolute Gasteiger partial charge is 0.459 e. The van der Waals surface area contributed by atoms with Crippen molar-refractivity contribution in [3.63, 3.8) is 0 Å². The molecule has 25 heavy (non-hydrogen) atoms. The van der Waals surface area contributed by atoms with Crippen LogP contribution >= 0.6 is 34.5 Å². The normalized spacial score (nSPS) is 11.0. The number of thiazole rings is 1. The molecule has 4 aromatic rings. The molecule has 0 radical (unpaired) electrons. The van der Waals surface area contributed by atoms with Crippen molar-refractivity contribution in [2.45, 2.75) is 0 Å². The van der Waals surface area contributed by atoms with Gasteiger partial charge in [-0.25, -0.2) is 4.98 Å². The molecule has 124 valence electrons. The van der Waals surface area contributed by atoms with Crippen LogP contribution < -0.4 is 5.32 Å². The second-order valence-corrected chi connectivity index (χ2v) is 7.08. The maximum absolute atomic E-state index is 12.2. The van der Waals surface area contributed by atoms with Gasteiger partial charge < -0.3 is 9.73 Å². The number of nitrogens with one attached hydrogen (secondary N) is 1. The first kappa shape index (κ1) is 16.1. The van der Waals surface area contributed by atoms with Crippen LogP contribution in [0.1, 0.15) is 10.6 Å². The van der Waals surface area contributed by atoms with Crippen LogP contribution in [-0.4, -0.2) is 10.9 Å². The summed E-state index contributed by atoms with van der Waals surface area (Å²) in [7, 11) is 0. The molecule has 0 saturated heterocycles. The Morgan fingerprint density at radius 2 is 1.92 bits per heavy atom. The average Bonchev–Trinajstić information content (AvgIpc) is 3.26. The molecule has 0 atom stereocenters. The Morgan fingerprint density at radius 3 is 2.68 bits per heavy atom. The summed E-state index contributed by atoms with van der Waals surface area (Å²) in [6.07, 6.45) is 1.44. The van der Waals surface area contributed by atoms with Gasteiger partial charge in [0.1, 0.15) is 5.01 Å². The quantitative estimate of drug-likeness (QED) is 0.460. The molecule has 0 fully saturated rings. The number of carbonyl (C=O) groups excluding carboxylic acids is 1. The molecule has 4 rings (SSSR count). The topological polar surface area (TPSA) is 55.1 Å². The van der Waals surface area contributed by atoms with Crippen molar-refractivity contribution in [1.29, 1.82) is 0 Å². The smallest absolute Gasteiger partial charge is 0.291 e. The third-order valence-corrected chi connectivity index (χ3v) is 5.27. The third kappa shape index (κ3) is 3.14. The molecule has 0 aliphatic carbocycles. The van der Waals surface area contributed by atoms with Crippen molar-refractivity contribution in [1.82, 2.24) is 4.98 Å². The van der Waals surface area contributed by atoms with Crippen molar-refractivity contribution in [2.24, 2.45) is 0 Å². The zero-order valence-electron chi connectivity index (χ0n) is 12.6. The Kier molecular flexibility index (Phi) is 4.21. The van der Waals surface area contributed by atoms with E-state index >= 15 is 0 Å². The molecule has 0 spiro atoms. The van der Waals surface area contributed by atoms with Gasteiger partial charge in [0.25, 0.3) is 5.91 Å². The predicted octanol–water partition coefficient (Wildman–Crippen LogP) is 6.12. The Balaban J connectivity index is 1.74. The number of carbonyl (C=O) groups is 1. The number of fused-ring (bicyclic) bond motifs is 1. The van der Waals surface area contributed by atoms with E-state index in [9.17, 15) is 4.79 Å². The minimum atomic E-state index is -0.385. The first-order valence-corrected chi connectivity index (χ1v) is 8.89. The molecular formula is C18H10Cl2N2O2S. The van der Waals surface area contributed by atoms with Gasteiger partial charge >= 0.3 is 0 Å². The van der Waals surface area contributed by atoms with Crippen LogP contribution in [0.2, 0.25) is 10.0 Å². The molecule has 0 unspecified atom stereocenters. The minimum Gasteiger partial charge on any atom is -0.459 e. The number of anilines is 1. The number of halogens is 2. The minimum absolute atomic E-state index is 0.201. The maximum atomic E-state index is 12.2. The molecule has 2 heterocycles. The van der Waals surface area contributed by atoms with Gasteiger partial charge in [0.15, 0.2) is 5.76 Å². The van der Waals surface area contributed by atoms with Crippen LogP contribution in [0.15, 0.2) is 59.2 Å². The maximum Gasteiger partial charge on any atom is 0.291 e. The fourth-order valence-corrected chi connectivity index (χ4v) is 3.96. The van der Waals surface area contributed by atoms with E-state index in [2.05, 4.69) is 10.3 Å². The second-order valence-electron chi connectivity index (χ2n) is 5.23.